The van der Waals surface area contributed by atoms with Gasteiger partial charge in [0.1, 0.15) is 4.77 Å². The topological polar surface area (TPSA) is 40.1 Å². The van der Waals surface area contributed by atoms with E-state index in [1.807, 2.05) is 0 Å². The normalized spacial score (nSPS) is 9.83. The second-order valence-electron chi connectivity index (χ2n) is 0.414. The van der Waals surface area contributed by atoms with Crippen molar-refractivity contribution in [3.8, 4) is 0 Å². The molecule has 0 radical (unpaired) electrons. The zero-order chi connectivity index (χ0) is 4.50. The molecule has 0 amide bonds. The Morgan fingerprint density at radius 2 is 1.50 bits per heavy atom. The molecule has 0 unspecified atom stereocenters. The summed E-state index contributed by atoms with van der Waals surface area (Å²) < 4.78 is 6.23. The molecule has 0 bridgehead atoms. The first-order valence-electron chi connectivity index (χ1n) is 0.703. The zero-order valence-corrected chi connectivity index (χ0v) is 9.09. The molecule has 0 aliphatic carbocycles. The van der Waals surface area contributed by atoms with E-state index in [1.165, 1.54) is 0 Å². The third-order valence-corrected chi connectivity index (χ3v) is 0. The number of rotatable bonds is 0. The first-order valence-corrected chi connectivity index (χ1v) is 6.37. The van der Waals surface area contributed by atoms with Crippen LogP contribution in [0.5, 0.6) is 0 Å². The Morgan fingerprint density at radius 3 is 1.50 bits per heavy atom. The minimum absolute atomic E-state index is 0. The molecule has 0 atom stereocenters. The van der Waals surface area contributed by atoms with Gasteiger partial charge in [0.2, 0.25) is 0 Å². The van der Waals surface area contributed by atoms with Crippen LogP contribution < -0.4 is 34.5 Å². The van der Waals surface area contributed by atoms with Gasteiger partial charge in [-0.05, 0) is 31.0 Å². The number of halogens is 2. The van der Waals surface area contributed by atoms with Crippen LogP contribution in [0.25, 0.3) is 0 Å². The third kappa shape index (κ3) is 35.3. The summed E-state index contributed by atoms with van der Waals surface area (Å²) in [6.07, 6.45) is 0. The average molecular weight is 246 g/mol. The summed E-state index contributed by atoms with van der Waals surface area (Å²) in [4.78, 5) is 9.49. The maximum atomic E-state index is 9.49. The molecule has 2 nitrogen and oxygen atoms in total. The molecule has 32 valence electrons. The van der Waals surface area contributed by atoms with E-state index in [-0.39, 0.29) is 29.6 Å². The third-order valence-electron chi connectivity index (χ3n) is 0. The quantitative estimate of drug-likeness (QED) is 0.375. The predicted octanol–water partition coefficient (Wildman–Crippen LogP) is -1.75. The van der Waals surface area contributed by atoms with Crippen LogP contribution in [0.1, 0.15) is 0 Å². The number of hydrogen-bond acceptors (Lipinski definition) is 2. The molecule has 0 aromatic carbocycles. The summed E-state index contributed by atoms with van der Waals surface area (Å²) in [6, 6.07) is 0. The van der Waals surface area contributed by atoms with E-state index in [4.69, 9.17) is 0 Å². The van der Waals surface area contributed by atoms with Crippen LogP contribution in [0.15, 0.2) is 0 Å². The summed E-state index contributed by atoms with van der Waals surface area (Å²) >= 11 is 4.58. The molecule has 0 aliphatic heterocycles. The Labute approximate surface area is 73.9 Å². The molecule has 0 aromatic heterocycles. The van der Waals surface area contributed by atoms with Gasteiger partial charge in [-0.25, -0.2) is 0 Å². The van der Waals surface area contributed by atoms with E-state index < -0.39 is 4.77 Å². The van der Waals surface area contributed by atoms with Gasteiger partial charge < -0.3 is 9.46 Å². The second-order valence-corrected chi connectivity index (χ2v) is 9.70. The zero-order valence-electron chi connectivity index (χ0n) is 3.02. The van der Waals surface area contributed by atoms with Gasteiger partial charge in [0.05, 0.1) is 0 Å². The molecular formula is Br2NaO2P. The van der Waals surface area contributed by atoms with Crippen LogP contribution in [0.2, 0.25) is 0 Å². The monoisotopic (exact) mass is 244 g/mol. The van der Waals surface area contributed by atoms with Crippen molar-refractivity contribution in [3.63, 3.8) is 0 Å². The largest absolute Gasteiger partial charge is 1.00 e. The number of hydrogen-bond donors (Lipinski definition) is 0. The average Bonchev–Trinajstić information content (AvgIpc) is 0.722. The van der Waals surface area contributed by atoms with Crippen LogP contribution in [-0.2, 0) is 4.57 Å². The van der Waals surface area contributed by atoms with Gasteiger partial charge in [-0.3, -0.25) is 0 Å². The molecule has 0 spiro atoms. The van der Waals surface area contributed by atoms with Gasteiger partial charge in [0.15, 0.2) is 0 Å². The molecule has 0 fully saturated rings. The smallest absolute Gasteiger partial charge is 0.783 e. The standard InChI is InChI=1S/Br2HO2P.Na/c1-5(2,3)4;/h(H,3,4);/q;+1/p-1. The van der Waals surface area contributed by atoms with E-state index in [0.29, 0.717) is 0 Å². The summed E-state index contributed by atoms with van der Waals surface area (Å²) in [5.74, 6) is 0. The molecule has 0 heterocycles. The van der Waals surface area contributed by atoms with Crippen molar-refractivity contribution in [3.05, 3.63) is 0 Å². The summed E-state index contributed by atoms with van der Waals surface area (Å²) in [5.41, 5.74) is 0. The van der Waals surface area contributed by atoms with Crippen molar-refractivity contribution in [2.75, 3.05) is 0 Å². The van der Waals surface area contributed by atoms with Crippen LogP contribution in [0.3, 0.4) is 0 Å². The minimum atomic E-state index is -3.26. The molecule has 0 saturated carbocycles. The molecule has 0 saturated heterocycles. The summed E-state index contributed by atoms with van der Waals surface area (Å²) in [7, 11) is 0. The van der Waals surface area contributed by atoms with Crippen LogP contribution in [0, 0.1) is 0 Å². The van der Waals surface area contributed by atoms with E-state index in [1.54, 1.807) is 0 Å². The van der Waals surface area contributed by atoms with Crippen molar-refractivity contribution in [2.24, 2.45) is 0 Å². The first-order chi connectivity index (χ1) is 2.00. The van der Waals surface area contributed by atoms with E-state index in [2.05, 4.69) is 31.0 Å². The van der Waals surface area contributed by atoms with Crippen molar-refractivity contribution in [1.29, 1.82) is 0 Å². The molecule has 6 heavy (non-hydrogen) atoms. The maximum Gasteiger partial charge on any atom is 1.00 e. The Balaban J connectivity index is 0. The van der Waals surface area contributed by atoms with E-state index in [0.717, 1.165) is 0 Å². The van der Waals surface area contributed by atoms with Crippen molar-refractivity contribution < 1.29 is 39.0 Å². The van der Waals surface area contributed by atoms with Gasteiger partial charge in [0.25, 0.3) is 0 Å². The fraction of sp³-hybridized carbons (Fsp3) is 0. The van der Waals surface area contributed by atoms with Crippen molar-refractivity contribution in [2.45, 2.75) is 0 Å². The van der Waals surface area contributed by atoms with Crippen LogP contribution in [-0.4, -0.2) is 0 Å². The molecule has 6 heteroatoms. The van der Waals surface area contributed by atoms with Crippen molar-refractivity contribution >= 4 is 35.8 Å². The second kappa shape index (κ2) is 4.07. The molecule has 0 N–H and O–H groups in total. The Hall–Kier alpha value is 2.15. The fourth-order valence-corrected chi connectivity index (χ4v) is 0. The van der Waals surface area contributed by atoms with Gasteiger partial charge in [0, 0.05) is 0 Å². The first kappa shape index (κ1) is 11.0. The van der Waals surface area contributed by atoms with E-state index in [9.17, 15) is 9.46 Å². The summed E-state index contributed by atoms with van der Waals surface area (Å²) in [5, 5.41) is 0. The summed E-state index contributed by atoms with van der Waals surface area (Å²) in [6.45, 7) is 0. The van der Waals surface area contributed by atoms with E-state index >= 15 is 0 Å². The van der Waals surface area contributed by atoms with Gasteiger partial charge in [-0.2, -0.15) is 0 Å². The minimum Gasteiger partial charge on any atom is -0.783 e. The van der Waals surface area contributed by atoms with Crippen molar-refractivity contribution in [1.82, 2.24) is 0 Å². The molecule has 0 aliphatic rings. The molecule has 0 aromatic rings. The molecular weight excluding hydrogens is 246 g/mol. The van der Waals surface area contributed by atoms with Gasteiger partial charge >= 0.3 is 29.6 Å². The maximum absolute atomic E-state index is 9.49. The Bertz CT molecular complexity index is 57.7. The van der Waals surface area contributed by atoms with Crippen LogP contribution in [0.4, 0.5) is 0 Å². The van der Waals surface area contributed by atoms with Gasteiger partial charge in [-0.15, -0.1) is 0 Å². The fourth-order valence-electron chi connectivity index (χ4n) is 0. The van der Waals surface area contributed by atoms with Crippen LogP contribution >= 0.6 is 35.8 Å². The Morgan fingerprint density at radius 1 is 1.50 bits per heavy atom. The molecule has 0 rings (SSSR count). The predicted molar refractivity (Wildman–Crippen MR) is 25.5 cm³/mol. The van der Waals surface area contributed by atoms with Gasteiger partial charge in [-0.1, -0.05) is 0 Å². The SMILES string of the molecule is O=P([O-])(Br)Br.[Na+]. The Kier molecular flexibility index (Phi) is 7.47.